The van der Waals surface area contributed by atoms with Crippen LogP contribution in [0.4, 0.5) is 5.69 Å². The molecule has 0 saturated carbocycles. The molecule has 0 amide bonds. The first-order valence-electron chi connectivity index (χ1n) is 6.81. The van der Waals surface area contributed by atoms with Crippen LogP contribution in [0.5, 0.6) is 0 Å². The van der Waals surface area contributed by atoms with Gasteiger partial charge in [-0.25, -0.2) is 0 Å². The van der Waals surface area contributed by atoms with Gasteiger partial charge in [0.2, 0.25) is 0 Å². The lowest BCUT2D eigenvalue weighted by Gasteiger charge is -2.35. The van der Waals surface area contributed by atoms with Crippen LogP contribution >= 0.6 is 0 Å². The Hall–Kier alpha value is -1.51. The van der Waals surface area contributed by atoms with Gasteiger partial charge >= 0.3 is 0 Å². The van der Waals surface area contributed by atoms with Gasteiger partial charge in [0.25, 0.3) is 0 Å². The van der Waals surface area contributed by atoms with Gasteiger partial charge in [0.1, 0.15) is 5.84 Å². The molecule has 1 aromatic rings. The number of hydrogen-bond acceptors (Lipinski definition) is 2. The number of nitrogen functional groups attached to an aromatic ring is 1. The summed E-state index contributed by atoms with van der Waals surface area (Å²) in [6.45, 7) is 6.48. The van der Waals surface area contributed by atoms with Crippen molar-refractivity contribution in [2.75, 3.05) is 18.0 Å². The van der Waals surface area contributed by atoms with Crippen molar-refractivity contribution < 1.29 is 0 Å². The summed E-state index contributed by atoms with van der Waals surface area (Å²) in [5.41, 5.74) is 8.89. The molecule has 18 heavy (non-hydrogen) atoms. The molecule has 2 rings (SSSR count). The number of benzene rings is 1. The number of piperidine rings is 1. The van der Waals surface area contributed by atoms with E-state index in [1.54, 1.807) is 0 Å². The Morgan fingerprint density at radius 2 is 2.28 bits per heavy atom. The van der Waals surface area contributed by atoms with Gasteiger partial charge in [0.05, 0.1) is 0 Å². The van der Waals surface area contributed by atoms with Crippen LogP contribution in [-0.2, 0) is 0 Å². The number of nitrogens with zero attached hydrogens (tertiary/aromatic N) is 1. The number of nitrogens with one attached hydrogen (secondary N) is 1. The van der Waals surface area contributed by atoms with E-state index in [9.17, 15) is 0 Å². The molecule has 1 aliphatic heterocycles. The predicted octanol–water partition coefficient (Wildman–Crippen LogP) is 2.91. The highest BCUT2D eigenvalue weighted by molar-refractivity contribution is 6.00. The summed E-state index contributed by atoms with van der Waals surface area (Å²) >= 11 is 0. The number of nitrogens with two attached hydrogens (primary N) is 1. The molecular formula is C15H23N3. The van der Waals surface area contributed by atoms with E-state index in [0.29, 0.717) is 0 Å². The van der Waals surface area contributed by atoms with E-state index in [1.165, 1.54) is 19.3 Å². The number of amidine groups is 1. The minimum absolute atomic E-state index is 0.173. The lowest BCUT2D eigenvalue weighted by Crippen LogP contribution is -2.36. The van der Waals surface area contributed by atoms with E-state index < -0.39 is 0 Å². The van der Waals surface area contributed by atoms with Crippen LogP contribution in [-0.4, -0.2) is 18.9 Å². The van der Waals surface area contributed by atoms with E-state index in [1.807, 2.05) is 13.0 Å². The van der Waals surface area contributed by atoms with Crippen LogP contribution in [0.1, 0.15) is 37.3 Å². The smallest absolute Gasteiger partial charge is 0.124 e. The summed E-state index contributed by atoms with van der Waals surface area (Å²) in [5, 5.41) is 7.74. The van der Waals surface area contributed by atoms with E-state index in [4.69, 9.17) is 11.1 Å². The van der Waals surface area contributed by atoms with Crippen molar-refractivity contribution in [3.63, 3.8) is 0 Å². The van der Waals surface area contributed by atoms with E-state index >= 15 is 0 Å². The zero-order valence-electron chi connectivity index (χ0n) is 11.4. The van der Waals surface area contributed by atoms with Gasteiger partial charge in [0.15, 0.2) is 0 Å². The fourth-order valence-electron chi connectivity index (χ4n) is 2.76. The Kier molecular flexibility index (Phi) is 3.90. The zero-order valence-corrected chi connectivity index (χ0v) is 11.4. The summed E-state index contributed by atoms with van der Waals surface area (Å²) < 4.78 is 0. The number of hydrogen-bond donors (Lipinski definition) is 2. The molecule has 3 N–H and O–H groups in total. The lowest BCUT2D eigenvalue weighted by atomic mass is 9.94. The first-order chi connectivity index (χ1) is 8.61. The van der Waals surface area contributed by atoms with Crippen molar-refractivity contribution in [2.24, 2.45) is 11.7 Å². The second-order valence-electron chi connectivity index (χ2n) is 5.30. The van der Waals surface area contributed by atoms with Gasteiger partial charge in [0, 0.05) is 24.3 Å². The highest BCUT2D eigenvalue weighted by atomic mass is 15.1. The van der Waals surface area contributed by atoms with Crippen molar-refractivity contribution in [1.82, 2.24) is 0 Å². The summed E-state index contributed by atoms with van der Waals surface area (Å²) in [5.74, 6) is 0.951. The third-order valence-electron chi connectivity index (χ3n) is 3.88. The summed E-state index contributed by atoms with van der Waals surface area (Å²) in [4.78, 5) is 2.40. The summed E-state index contributed by atoms with van der Waals surface area (Å²) in [6.07, 6.45) is 3.80. The Labute approximate surface area is 109 Å². The van der Waals surface area contributed by atoms with Crippen LogP contribution in [0.25, 0.3) is 0 Å². The Morgan fingerprint density at radius 1 is 1.50 bits per heavy atom. The molecule has 3 heteroatoms. The third-order valence-corrected chi connectivity index (χ3v) is 3.88. The van der Waals surface area contributed by atoms with Crippen LogP contribution in [0.3, 0.4) is 0 Å². The molecule has 0 bridgehead atoms. The summed E-state index contributed by atoms with van der Waals surface area (Å²) in [6, 6.07) is 6.24. The fourth-order valence-corrected chi connectivity index (χ4v) is 2.76. The van der Waals surface area contributed by atoms with E-state index in [2.05, 4.69) is 24.0 Å². The molecule has 0 radical (unpaired) electrons. The summed E-state index contributed by atoms with van der Waals surface area (Å²) in [7, 11) is 0. The molecule has 98 valence electrons. The lowest BCUT2D eigenvalue weighted by molar-refractivity contribution is 0.404. The van der Waals surface area contributed by atoms with Crippen LogP contribution < -0.4 is 10.6 Å². The van der Waals surface area contributed by atoms with Crippen LogP contribution in [0.15, 0.2) is 18.2 Å². The van der Waals surface area contributed by atoms with E-state index in [-0.39, 0.29) is 5.84 Å². The van der Waals surface area contributed by atoms with Gasteiger partial charge < -0.3 is 10.6 Å². The third kappa shape index (κ3) is 2.66. The predicted molar refractivity (Wildman–Crippen MR) is 77.4 cm³/mol. The topological polar surface area (TPSA) is 53.1 Å². The molecule has 0 aliphatic carbocycles. The first kappa shape index (κ1) is 12.9. The normalized spacial score (nSPS) is 19.9. The molecule has 1 atom stereocenters. The second-order valence-corrected chi connectivity index (χ2v) is 5.30. The first-order valence-corrected chi connectivity index (χ1v) is 6.81. The standard InChI is InChI=1S/C15H23N3/c1-3-12-5-4-8-18(10-12)14-7-6-11(2)9-13(14)15(16)17/h6-7,9,12H,3-5,8,10H2,1-2H3,(H3,16,17). The minimum Gasteiger partial charge on any atom is -0.384 e. The molecule has 1 aliphatic rings. The highest BCUT2D eigenvalue weighted by Gasteiger charge is 2.21. The number of aryl methyl sites for hydroxylation is 1. The minimum atomic E-state index is 0.173. The quantitative estimate of drug-likeness (QED) is 0.635. The van der Waals surface area contributed by atoms with Crippen molar-refractivity contribution in [3.05, 3.63) is 29.3 Å². The highest BCUT2D eigenvalue weighted by Crippen LogP contribution is 2.28. The van der Waals surface area contributed by atoms with Crippen molar-refractivity contribution in [1.29, 1.82) is 5.41 Å². The molecule has 3 nitrogen and oxygen atoms in total. The molecule has 1 saturated heterocycles. The Balaban J connectivity index is 2.29. The average molecular weight is 245 g/mol. The van der Waals surface area contributed by atoms with Gasteiger partial charge in [-0.05, 0) is 37.8 Å². The number of anilines is 1. The zero-order chi connectivity index (χ0) is 13.1. The van der Waals surface area contributed by atoms with Gasteiger partial charge in [-0.15, -0.1) is 0 Å². The van der Waals surface area contributed by atoms with Crippen LogP contribution in [0, 0.1) is 18.3 Å². The SMILES string of the molecule is CCC1CCCN(c2ccc(C)cc2C(=N)N)C1. The second kappa shape index (κ2) is 5.42. The number of rotatable bonds is 3. The fraction of sp³-hybridized carbons (Fsp3) is 0.533. The van der Waals surface area contributed by atoms with Gasteiger partial charge in [-0.3, -0.25) is 5.41 Å². The van der Waals surface area contributed by atoms with Crippen LogP contribution in [0.2, 0.25) is 0 Å². The van der Waals surface area contributed by atoms with Gasteiger partial charge in [-0.2, -0.15) is 0 Å². The van der Waals surface area contributed by atoms with Crippen molar-refractivity contribution >= 4 is 11.5 Å². The largest absolute Gasteiger partial charge is 0.384 e. The van der Waals surface area contributed by atoms with E-state index in [0.717, 1.165) is 35.8 Å². The average Bonchev–Trinajstić information content (AvgIpc) is 2.38. The maximum Gasteiger partial charge on any atom is 0.124 e. The van der Waals surface area contributed by atoms with Crippen molar-refractivity contribution in [2.45, 2.75) is 33.1 Å². The molecule has 1 aromatic carbocycles. The Morgan fingerprint density at radius 3 is 2.94 bits per heavy atom. The van der Waals surface area contributed by atoms with Gasteiger partial charge in [-0.1, -0.05) is 25.0 Å². The molecular weight excluding hydrogens is 222 g/mol. The molecule has 0 aromatic heterocycles. The monoisotopic (exact) mass is 245 g/mol. The Bertz CT molecular complexity index is 439. The maximum absolute atomic E-state index is 7.74. The molecule has 1 heterocycles. The molecule has 1 fully saturated rings. The molecule has 0 spiro atoms. The molecule has 1 unspecified atom stereocenters. The van der Waals surface area contributed by atoms with Crippen molar-refractivity contribution in [3.8, 4) is 0 Å². The maximum atomic E-state index is 7.74.